The Morgan fingerprint density at radius 1 is 0.767 bits per heavy atom. The van der Waals surface area contributed by atoms with Crippen molar-refractivity contribution in [3.8, 4) is 0 Å². The van der Waals surface area contributed by atoms with Crippen LogP contribution in [0.4, 0.5) is 5.69 Å². The Kier molecular flexibility index (Phi) is 15.0. The monoisotopic (exact) mass is 581 g/mol. The number of methoxy groups -OCH3 is 2. The van der Waals surface area contributed by atoms with Gasteiger partial charge in [0.25, 0.3) is 0 Å². The van der Waals surface area contributed by atoms with E-state index in [9.17, 15) is 14.4 Å². The van der Waals surface area contributed by atoms with Crippen molar-refractivity contribution in [1.29, 1.82) is 0 Å². The summed E-state index contributed by atoms with van der Waals surface area (Å²) in [6, 6.07) is 35.1. The molecule has 0 N–H and O–H groups in total. The summed E-state index contributed by atoms with van der Waals surface area (Å²) in [4.78, 5) is 39.8. The maximum atomic E-state index is 11.3. The lowest BCUT2D eigenvalue weighted by Gasteiger charge is -2.25. The van der Waals surface area contributed by atoms with E-state index in [1.807, 2.05) is 91.9 Å². The summed E-state index contributed by atoms with van der Waals surface area (Å²) in [7, 11) is 6.40. The highest BCUT2D eigenvalue weighted by Gasteiger charge is 2.17. The molecule has 8 nitrogen and oxygen atoms in total. The minimum atomic E-state index is -0.408. The third-order valence-electron chi connectivity index (χ3n) is 6.14. The first kappa shape index (κ1) is 34.0. The van der Waals surface area contributed by atoms with Crippen LogP contribution in [0.5, 0.6) is 0 Å². The first-order chi connectivity index (χ1) is 20.8. The van der Waals surface area contributed by atoms with Gasteiger partial charge in [0, 0.05) is 20.6 Å². The quantitative estimate of drug-likeness (QED) is 0.0959. The zero-order chi connectivity index (χ0) is 31.5. The Bertz CT molecular complexity index is 1370. The van der Waals surface area contributed by atoms with E-state index in [4.69, 9.17) is 0 Å². The minimum Gasteiger partial charge on any atom is -0.486 e. The number of nitrogens with zero attached hydrogens (tertiary/aromatic N) is 3. The molecule has 0 saturated carbocycles. The van der Waals surface area contributed by atoms with Crippen molar-refractivity contribution in [2.24, 2.45) is 4.99 Å². The second-order valence-electron chi connectivity index (χ2n) is 9.48. The number of hydrogen-bond donors (Lipinski definition) is 0. The van der Waals surface area contributed by atoms with Crippen LogP contribution in [0, 0.1) is 6.92 Å². The fraction of sp³-hybridized carbons (Fsp3) is 0.200. The average Bonchev–Trinajstić information content (AvgIpc) is 3.06. The van der Waals surface area contributed by atoms with E-state index in [0.29, 0.717) is 17.8 Å². The van der Waals surface area contributed by atoms with Crippen LogP contribution in [0.1, 0.15) is 38.7 Å². The van der Waals surface area contributed by atoms with Gasteiger partial charge in [-0.05, 0) is 35.7 Å². The molecule has 4 aromatic rings. The molecule has 0 bridgehead atoms. The van der Waals surface area contributed by atoms with Crippen LogP contribution < -0.4 is 0 Å². The number of benzene rings is 4. The fourth-order valence-corrected chi connectivity index (χ4v) is 3.99. The van der Waals surface area contributed by atoms with Crippen LogP contribution >= 0.6 is 0 Å². The molecule has 0 atom stereocenters. The third-order valence-corrected chi connectivity index (χ3v) is 6.14. The number of esters is 1. The van der Waals surface area contributed by atoms with Crippen LogP contribution in [0.15, 0.2) is 114 Å². The lowest BCUT2D eigenvalue weighted by atomic mass is 9.98. The van der Waals surface area contributed by atoms with Crippen molar-refractivity contribution < 1.29 is 23.9 Å². The number of carbonyl (C=O) groups is 3. The van der Waals surface area contributed by atoms with E-state index in [0.717, 1.165) is 29.5 Å². The predicted octanol–water partition coefficient (Wildman–Crippen LogP) is 6.23. The maximum absolute atomic E-state index is 11.3. The number of para-hydroxylation sites is 1. The molecule has 0 unspecified atom stereocenters. The van der Waals surface area contributed by atoms with Crippen molar-refractivity contribution in [2.75, 3.05) is 28.3 Å². The van der Waals surface area contributed by atoms with Gasteiger partial charge in [-0.15, -0.1) is 0 Å². The number of ether oxygens (including phenoxy) is 2. The molecule has 224 valence electrons. The second-order valence-corrected chi connectivity index (χ2v) is 9.48. The molecule has 0 radical (unpaired) electrons. The van der Waals surface area contributed by atoms with Gasteiger partial charge in [0.1, 0.15) is 0 Å². The Labute approximate surface area is 254 Å². The number of amides is 2. The van der Waals surface area contributed by atoms with E-state index < -0.39 is 5.97 Å². The summed E-state index contributed by atoms with van der Waals surface area (Å²) >= 11 is 0. The molecule has 0 spiro atoms. The smallest absolute Gasteiger partial charge is 0.340 e. The molecule has 0 heterocycles. The molecule has 0 aliphatic carbocycles. The Morgan fingerprint density at radius 2 is 1.30 bits per heavy atom. The van der Waals surface area contributed by atoms with E-state index in [1.54, 1.807) is 48.2 Å². The Morgan fingerprint density at radius 3 is 1.79 bits per heavy atom. The predicted molar refractivity (Wildman–Crippen MR) is 170 cm³/mol. The molecular formula is C35H39N3O5. The molecule has 0 aliphatic heterocycles. The lowest BCUT2D eigenvalue weighted by Crippen LogP contribution is -2.23. The standard InChI is InChI=1S/C15H15NO.C10H11NO3.C10H13NO/c1-16(12-17)15(13-8-4-2-5-9-13)14-10-6-3-7-11-14;1-13-7-11-9-6-4-3-5-8(9)10(12)14-2;1-9-3-5-10(6-4-9)7-11(2)8-12/h2-12,15H,1H3;3-7H,1-2H3;3-6,8H,7H2,1-2H3. The molecule has 4 rings (SSSR count). The lowest BCUT2D eigenvalue weighted by molar-refractivity contribution is -0.118. The van der Waals surface area contributed by atoms with Gasteiger partial charge < -0.3 is 19.3 Å². The maximum Gasteiger partial charge on any atom is 0.340 e. The first-order valence-electron chi connectivity index (χ1n) is 13.5. The van der Waals surface area contributed by atoms with E-state index >= 15 is 0 Å². The highest BCUT2D eigenvalue weighted by molar-refractivity contribution is 5.95. The number of carbonyl (C=O) groups excluding carboxylic acids is 3. The molecule has 2 amide bonds. The third kappa shape index (κ3) is 11.6. The van der Waals surface area contributed by atoms with Crippen molar-refractivity contribution in [3.05, 3.63) is 137 Å². The van der Waals surface area contributed by atoms with Gasteiger partial charge in [0.15, 0.2) is 6.40 Å². The molecule has 43 heavy (non-hydrogen) atoms. The van der Waals surface area contributed by atoms with Crippen LogP contribution in [-0.2, 0) is 25.6 Å². The Hall–Kier alpha value is -5.24. The van der Waals surface area contributed by atoms with Crippen molar-refractivity contribution in [2.45, 2.75) is 19.5 Å². The summed E-state index contributed by atoms with van der Waals surface area (Å²) in [5, 5.41) is 0. The van der Waals surface area contributed by atoms with Gasteiger partial charge in [0.2, 0.25) is 12.8 Å². The largest absolute Gasteiger partial charge is 0.486 e. The molecule has 8 heteroatoms. The van der Waals surface area contributed by atoms with Crippen LogP contribution in [0.25, 0.3) is 0 Å². The van der Waals surface area contributed by atoms with E-state index in [-0.39, 0.29) is 6.04 Å². The first-order valence-corrected chi connectivity index (χ1v) is 13.5. The van der Waals surface area contributed by atoms with Crippen molar-refractivity contribution >= 4 is 30.9 Å². The van der Waals surface area contributed by atoms with Gasteiger partial charge in [0.05, 0.1) is 31.5 Å². The summed E-state index contributed by atoms with van der Waals surface area (Å²) in [5.74, 6) is -0.408. The summed E-state index contributed by atoms with van der Waals surface area (Å²) in [6.07, 6.45) is 2.96. The summed E-state index contributed by atoms with van der Waals surface area (Å²) in [6.45, 7) is 2.73. The zero-order valence-electron chi connectivity index (χ0n) is 25.3. The molecule has 0 aliphatic rings. The SMILES string of the molecule is CN(C=O)C(c1ccccc1)c1ccccc1.COC=Nc1ccccc1C(=O)OC.Cc1ccc(CN(C)C=O)cc1. The number of aryl methyl sites for hydroxylation is 1. The molecule has 0 fully saturated rings. The fourth-order valence-electron chi connectivity index (χ4n) is 3.99. The number of rotatable bonds is 10. The normalized spacial score (nSPS) is 10.0. The molecule has 0 aromatic heterocycles. The zero-order valence-corrected chi connectivity index (χ0v) is 25.3. The van der Waals surface area contributed by atoms with Crippen LogP contribution in [-0.4, -0.2) is 63.3 Å². The summed E-state index contributed by atoms with van der Waals surface area (Å²) < 4.78 is 9.27. The molecule has 4 aromatic carbocycles. The minimum absolute atomic E-state index is 0.0186. The highest BCUT2D eigenvalue weighted by atomic mass is 16.5. The highest BCUT2D eigenvalue weighted by Crippen LogP contribution is 2.26. The van der Waals surface area contributed by atoms with Gasteiger partial charge in [-0.2, -0.15) is 0 Å². The van der Waals surface area contributed by atoms with E-state index in [1.165, 1.54) is 26.2 Å². The molecule has 0 saturated heterocycles. The average molecular weight is 582 g/mol. The Balaban J connectivity index is 0.000000229. The van der Waals surface area contributed by atoms with Gasteiger partial charge >= 0.3 is 5.97 Å². The van der Waals surface area contributed by atoms with Gasteiger partial charge in [-0.3, -0.25) is 9.59 Å². The van der Waals surface area contributed by atoms with E-state index in [2.05, 4.69) is 14.5 Å². The van der Waals surface area contributed by atoms with Gasteiger partial charge in [-0.25, -0.2) is 9.79 Å². The topological polar surface area (TPSA) is 88.5 Å². The van der Waals surface area contributed by atoms with Gasteiger partial charge in [-0.1, -0.05) is 103 Å². The number of hydrogen-bond acceptors (Lipinski definition) is 6. The molecular weight excluding hydrogens is 542 g/mol. The van der Waals surface area contributed by atoms with Crippen LogP contribution in [0.2, 0.25) is 0 Å². The van der Waals surface area contributed by atoms with Crippen molar-refractivity contribution in [3.63, 3.8) is 0 Å². The van der Waals surface area contributed by atoms with Crippen molar-refractivity contribution in [1.82, 2.24) is 9.80 Å². The summed E-state index contributed by atoms with van der Waals surface area (Å²) in [5.41, 5.74) is 5.59. The van der Waals surface area contributed by atoms with Crippen LogP contribution in [0.3, 0.4) is 0 Å². The second kappa shape index (κ2) is 19.0. The number of aliphatic imine (C=N–C) groups is 1.